The first-order valence-corrected chi connectivity index (χ1v) is 9.70. The third-order valence-corrected chi connectivity index (χ3v) is 5.79. The lowest BCUT2D eigenvalue weighted by atomic mass is 9.89. The molecule has 0 bridgehead atoms. The number of amides is 3. The molecule has 0 unspecified atom stereocenters. The molecule has 8 heteroatoms. The molecule has 152 valence electrons. The minimum absolute atomic E-state index is 0.00957. The molecule has 1 saturated heterocycles. The molecule has 1 saturated carbocycles. The standard InChI is InChI=1S/C20H27N3O5/c24-16(23-12-10-20(28,11-13-23)17(25)26)19(8-4-5-9-19)22-18(27)21-14-15-6-2-1-3-7-15/h1-3,6-7,28H,4-5,8-14H2,(H,25,26)(H2,21,22,27). The van der Waals surface area contributed by atoms with Gasteiger partial charge in [0.05, 0.1) is 0 Å². The molecule has 0 radical (unpaired) electrons. The van der Waals surface area contributed by atoms with Crippen molar-refractivity contribution in [2.75, 3.05) is 13.1 Å². The molecule has 2 aliphatic rings. The van der Waals surface area contributed by atoms with Gasteiger partial charge >= 0.3 is 12.0 Å². The Morgan fingerprint density at radius 1 is 1.00 bits per heavy atom. The van der Waals surface area contributed by atoms with Gasteiger partial charge in [0.15, 0.2) is 5.60 Å². The van der Waals surface area contributed by atoms with Gasteiger partial charge in [-0.2, -0.15) is 0 Å². The fraction of sp³-hybridized carbons (Fsp3) is 0.550. The summed E-state index contributed by atoms with van der Waals surface area (Å²) in [5.41, 5.74) is -1.77. The highest BCUT2D eigenvalue weighted by Gasteiger charge is 2.48. The molecule has 8 nitrogen and oxygen atoms in total. The molecular weight excluding hydrogens is 362 g/mol. The molecular formula is C20H27N3O5. The van der Waals surface area contributed by atoms with Gasteiger partial charge in [-0.05, 0) is 18.4 Å². The molecule has 2 fully saturated rings. The van der Waals surface area contributed by atoms with Crippen molar-refractivity contribution in [2.24, 2.45) is 0 Å². The van der Waals surface area contributed by atoms with Gasteiger partial charge in [0.25, 0.3) is 0 Å². The van der Waals surface area contributed by atoms with Crippen LogP contribution in [-0.2, 0) is 16.1 Å². The number of carboxylic acid groups (broad SMARTS) is 1. The van der Waals surface area contributed by atoms with Crippen LogP contribution in [0.5, 0.6) is 0 Å². The summed E-state index contributed by atoms with van der Waals surface area (Å²) in [5.74, 6) is -1.44. The van der Waals surface area contributed by atoms with Gasteiger partial charge in [0, 0.05) is 32.5 Å². The van der Waals surface area contributed by atoms with Gasteiger partial charge in [-0.3, -0.25) is 4.79 Å². The van der Waals surface area contributed by atoms with Gasteiger partial charge in [-0.1, -0.05) is 43.2 Å². The SMILES string of the molecule is O=C(NCc1ccccc1)NC1(C(=O)N2CCC(O)(C(=O)O)CC2)CCCC1. The predicted octanol–water partition coefficient (Wildman–Crippen LogP) is 1.24. The summed E-state index contributed by atoms with van der Waals surface area (Å²) in [6.07, 6.45) is 2.79. The molecule has 0 spiro atoms. The van der Waals surface area contributed by atoms with Crippen molar-refractivity contribution in [1.29, 1.82) is 0 Å². The van der Waals surface area contributed by atoms with Crippen LogP contribution in [0.4, 0.5) is 4.79 Å². The monoisotopic (exact) mass is 389 g/mol. The normalized spacial score (nSPS) is 20.4. The fourth-order valence-corrected chi connectivity index (χ4v) is 4.01. The summed E-state index contributed by atoms with van der Waals surface area (Å²) in [7, 11) is 0. The van der Waals surface area contributed by atoms with Crippen LogP contribution in [0.1, 0.15) is 44.1 Å². The van der Waals surface area contributed by atoms with Crippen LogP contribution < -0.4 is 10.6 Å². The molecule has 28 heavy (non-hydrogen) atoms. The molecule has 3 rings (SSSR count). The Morgan fingerprint density at radius 3 is 2.18 bits per heavy atom. The number of aliphatic carboxylic acids is 1. The van der Waals surface area contributed by atoms with Gasteiger partial charge in [-0.15, -0.1) is 0 Å². The Kier molecular flexibility index (Phi) is 5.88. The number of rotatable bonds is 5. The number of carboxylic acids is 1. The highest BCUT2D eigenvalue weighted by molar-refractivity contribution is 5.91. The molecule has 4 N–H and O–H groups in total. The molecule has 1 aliphatic heterocycles. The first-order chi connectivity index (χ1) is 13.3. The minimum atomic E-state index is -1.78. The molecule has 0 aromatic heterocycles. The first-order valence-electron chi connectivity index (χ1n) is 9.70. The Hall–Kier alpha value is -2.61. The van der Waals surface area contributed by atoms with Crippen molar-refractivity contribution in [3.8, 4) is 0 Å². The number of benzene rings is 1. The number of hydrogen-bond donors (Lipinski definition) is 4. The van der Waals surface area contributed by atoms with Crippen LogP contribution in [0.25, 0.3) is 0 Å². The lowest BCUT2D eigenvalue weighted by molar-refractivity contribution is -0.166. The number of carbonyl (C=O) groups excluding carboxylic acids is 2. The number of aliphatic hydroxyl groups is 1. The summed E-state index contributed by atoms with van der Waals surface area (Å²) >= 11 is 0. The van der Waals surface area contributed by atoms with Crippen molar-refractivity contribution < 1.29 is 24.6 Å². The Labute approximate surface area is 163 Å². The van der Waals surface area contributed by atoms with E-state index in [0.717, 1.165) is 18.4 Å². The van der Waals surface area contributed by atoms with Gasteiger partial charge in [0.1, 0.15) is 5.54 Å². The van der Waals surface area contributed by atoms with Crippen molar-refractivity contribution in [3.63, 3.8) is 0 Å². The largest absolute Gasteiger partial charge is 0.479 e. The second kappa shape index (κ2) is 8.18. The van der Waals surface area contributed by atoms with Crippen LogP contribution in [0.2, 0.25) is 0 Å². The molecule has 1 aliphatic carbocycles. The number of piperidine rings is 1. The van der Waals surface area contributed by atoms with Crippen molar-refractivity contribution in [3.05, 3.63) is 35.9 Å². The Balaban J connectivity index is 1.61. The molecule has 0 atom stereocenters. The van der Waals surface area contributed by atoms with E-state index in [0.29, 0.717) is 19.4 Å². The average molecular weight is 389 g/mol. The van der Waals surface area contributed by atoms with E-state index in [1.807, 2.05) is 30.3 Å². The quantitative estimate of drug-likeness (QED) is 0.604. The van der Waals surface area contributed by atoms with E-state index < -0.39 is 23.1 Å². The Bertz CT molecular complexity index is 723. The van der Waals surface area contributed by atoms with Gasteiger partial charge < -0.3 is 25.7 Å². The van der Waals surface area contributed by atoms with E-state index in [9.17, 15) is 19.5 Å². The maximum Gasteiger partial charge on any atom is 0.335 e. The topological polar surface area (TPSA) is 119 Å². The second-order valence-electron chi connectivity index (χ2n) is 7.71. The number of likely N-dealkylation sites (tertiary alicyclic amines) is 1. The third kappa shape index (κ3) is 4.27. The lowest BCUT2D eigenvalue weighted by Gasteiger charge is -2.40. The van der Waals surface area contributed by atoms with Gasteiger partial charge in [-0.25, -0.2) is 9.59 Å². The zero-order valence-electron chi connectivity index (χ0n) is 15.8. The summed E-state index contributed by atoms with van der Waals surface area (Å²) in [6, 6.07) is 9.12. The molecule has 3 amide bonds. The lowest BCUT2D eigenvalue weighted by Crippen LogP contribution is -2.62. The van der Waals surface area contributed by atoms with E-state index in [-0.39, 0.29) is 31.8 Å². The number of hydrogen-bond acceptors (Lipinski definition) is 4. The summed E-state index contributed by atoms with van der Waals surface area (Å²) in [6.45, 7) is 0.694. The highest BCUT2D eigenvalue weighted by Crippen LogP contribution is 2.33. The van der Waals surface area contributed by atoms with Crippen LogP contribution in [-0.4, -0.2) is 57.3 Å². The van der Waals surface area contributed by atoms with E-state index in [1.165, 1.54) is 0 Å². The van der Waals surface area contributed by atoms with Crippen LogP contribution in [0.15, 0.2) is 30.3 Å². The maximum absolute atomic E-state index is 13.2. The number of urea groups is 1. The van der Waals surface area contributed by atoms with E-state index in [4.69, 9.17) is 5.11 Å². The summed E-state index contributed by atoms with van der Waals surface area (Å²) < 4.78 is 0. The summed E-state index contributed by atoms with van der Waals surface area (Å²) in [4.78, 5) is 38.4. The van der Waals surface area contributed by atoms with Crippen molar-refractivity contribution in [1.82, 2.24) is 15.5 Å². The molecule has 1 aromatic rings. The Morgan fingerprint density at radius 2 is 1.61 bits per heavy atom. The van der Waals surface area contributed by atoms with Crippen molar-refractivity contribution >= 4 is 17.9 Å². The third-order valence-electron chi connectivity index (χ3n) is 5.79. The van der Waals surface area contributed by atoms with Crippen molar-refractivity contribution in [2.45, 2.75) is 56.2 Å². The molecule has 1 aromatic carbocycles. The van der Waals surface area contributed by atoms with Gasteiger partial charge in [0.2, 0.25) is 5.91 Å². The average Bonchev–Trinajstić information content (AvgIpc) is 3.17. The second-order valence-corrected chi connectivity index (χ2v) is 7.71. The zero-order chi connectivity index (χ0) is 20.2. The predicted molar refractivity (Wildman–Crippen MR) is 101 cm³/mol. The number of carbonyl (C=O) groups is 3. The maximum atomic E-state index is 13.2. The number of nitrogens with one attached hydrogen (secondary N) is 2. The zero-order valence-corrected chi connectivity index (χ0v) is 15.8. The smallest absolute Gasteiger partial charge is 0.335 e. The minimum Gasteiger partial charge on any atom is -0.479 e. The number of nitrogens with zero attached hydrogens (tertiary/aromatic N) is 1. The van der Waals surface area contributed by atoms with E-state index >= 15 is 0 Å². The van der Waals surface area contributed by atoms with E-state index in [2.05, 4.69) is 10.6 Å². The fourth-order valence-electron chi connectivity index (χ4n) is 4.01. The molecule has 1 heterocycles. The first kappa shape index (κ1) is 20.1. The van der Waals surface area contributed by atoms with Crippen LogP contribution >= 0.6 is 0 Å². The van der Waals surface area contributed by atoms with Crippen LogP contribution in [0.3, 0.4) is 0 Å². The summed E-state index contributed by atoms with van der Waals surface area (Å²) in [5, 5.41) is 24.9. The van der Waals surface area contributed by atoms with Crippen LogP contribution in [0, 0.1) is 0 Å². The van der Waals surface area contributed by atoms with E-state index in [1.54, 1.807) is 4.90 Å². The highest BCUT2D eigenvalue weighted by atomic mass is 16.4.